The van der Waals surface area contributed by atoms with Gasteiger partial charge in [0.2, 0.25) is 0 Å². The highest BCUT2D eigenvalue weighted by molar-refractivity contribution is 5.76. The molecule has 1 saturated carbocycles. The van der Waals surface area contributed by atoms with Crippen molar-refractivity contribution in [1.29, 1.82) is 5.26 Å². The lowest BCUT2D eigenvalue weighted by Crippen LogP contribution is -2.25. The van der Waals surface area contributed by atoms with Crippen LogP contribution < -0.4 is 9.47 Å². The lowest BCUT2D eigenvalue weighted by atomic mass is 9.80. The molecule has 0 aromatic heterocycles. The highest BCUT2D eigenvalue weighted by Gasteiger charge is 2.27. The number of nitrogens with zero attached hydrogens (tertiary/aromatic N) is 1. The normalized spacial score (nSPS) is 21.0. The van der Waals surface area contributed by atoms with Gasteiger partial charge in [-0.05, 0) is 43.7 Å². The van der Waals surface area contributed by atoms with E-state index in [-0.39, 0.29) is 11.9 Å². The van der Waals surface area contributed by atoms with Gasteiger partial charge in [0.15, 0.2) is 11.5 Å². The molecule has 22 heavy (non-hydrogen) atoms. The molecule has 0 spiro atoms. The minimum absolute atomic E-state index is 0.0199. The van der Waals surface area contributed by atoms with Crippen LogP contribution in [0.4, 0.5) is 0 Å². The molecule has 1 fully saturated rings. The molecule has 0 amide bonds. The maximum atomic E-state index is 12.3. The summed E-state index contributed by atoms with van der Waals surface area (Å²) < 4.78 is 10.7. The summed E-state index contributed by atoms with van der Waals surface area (Å²) >= 11 is 0. The summed E-state index contributed by atoms with van der Waals surface area (Å²) in [5.74, 6) is 1.37. The smallest absolute Gasteiger partial charge is 0.314 e. The Balaban J connectivity index is 1.97. The van der Waals surface area contributed by atoms with Crippen LogP contribution >= 0.6 is 0 Å². The van der Waals surface area contributed by atoms with Crippen LogP contribution in [-0.2, 0) is 4.79 Å². The number of hydrogen-bond acceptors (Lipinski definition) is 4. The highest BCUT2D eigenvalue weighted by Crippen LogP contribution is 2.34. The quantitative estimate of drug-likeness (QED) is 0.607. The van der Waals surface area contributed by atoms with Crippen LogP contribution in [0.2, 0.25) is 0 Å². The van der Waals surface area contributed by atoms with Gasteiger partial charge < -0.3 is 9.47 Å². The Morgan fingerprint density at radius 2 is 2.00 bits per heavy atom. The van der Waals surface area contributed by atoms with Gasteiger partial charge in [-0.25, -0.2) is 0 Å². The van der Waals surface area contributed by atoms with Gasteiger partial charge in [0.25, 0.3) is 0 Å². The minimum atomic E-state index is -0.182. The fourth-order valence-corrected chi connectivity index (χ4v) is 3.11. The third-order valence-electron chi connectivity index (χ3n) is 4.38. The first-order valence-electron chi connectivity index (χ1n) is 7.97. The molecule has 1 aromatic carbocycles. The number of ether oxygens (including phenoxy) is 2. The van der Waals surface area contributed by atoms with Crippen molar-refractivity contribution in [1.82, 2.24) is 0 Å². The number of nitriles is 1. The number of hydrogen-bond donors (Lipinski definition) is 0. The van der Waals surface area contributed by atoms with Crippen molar-refractivity contribution < 1.29 is 14.3 Å². The van der Waals surface area contributed by atoms with Crippen molar-refractivity contribution in [3.63, 3.8) is 0 Å². The lowest BCUT2D eigenvalue weighted by molar-refractivity contribution is -0.140. The maximum Gasteiger partial charge on any atom is 0.314 e. The number of carbonyl (C=O) groups is 1. The molecule has 4 nitrogen and oxygen atoms in total. The first-order chi connectivity index (χ1) is 10.7. The van der Waals surface area contributed by atoms with E-state index in [0.29, 0.717) is 17.1 Å². The number of esters is 1. The molecule has 118 valence electrons. The topological polar surface area (TPSA) is 59.3 Å². The number of benzene rings is 1. The Bertz CT molecular complexity index is 554. The molecule has 0 atom stereocenters. The molecule has 1 aliphatic carbocycles. The third-order valence-corrected chi connectivity index (χ3v) is 4.38. The fraction of sp³-hybridized carbons (Fsp3) is 0.556. The molecule has 0 saturated heterocycles. The zero-order chi connectivity index (χ0) is 15.9. The summed E-state index contributed by atoms with van der Waals surface area (Å²) in [6.45, 7) is 2.21. The molecule has 1 aromatic rings. The number of rotatable bonds is 5. The molecule has 4 heteroatoms. The number of methoxy groups -OCH3 is 1. The van der Waals surface area contributed by atoms with Gasteiger partial charge in [-0.2, -0.15) is 5.26 Å². The zero-order valence-corrected chi connectivity index (χ0v) is 13.3. The van der Waals surface area contributed by atoms with Crippen LogP contribution in [0.1, 0.15) is 51.0 Å². The van der Waals surface area contributed by atoms with Gasteiger partial charge in [0.1, 0.15) is 0 Å². The summed E-state index contributed by atoms with van der Waals surface area (Å²) in [6.07, 6.45) is 6.49. The van der Waals surface area contributed by atoms with Crippen molar-refractivity contribution >= 4 is 5.97 Å². The van der Waals surface area contributed by atoms with Crippen molar-refractivity contribution in [3.05, 3.63) is 23.8 Å². The maximum absolute atomic E-state index is 12.3. The molecule has 2 rings (SSSR count). The molecule has 0 radical (unpaired) electrons. The van der Waals surface area contributed by atoms with E-state index < -0.39 is 0 Å². The second-order valence-electron chi connectivity index (χ2n) is 5.90. The van der Waals surface area contributed by atoms with Crippen LogP contribution in [-0.4, -0.2) is 13.1 Å². The molecule has 0 N–H and O–H groups in total. The Hall–Kier alpha value is -2.02. The second-order valence-corrected chi connectivity index (χ2v) is 5.90. The van der Waals surface area contributed by atoms with Crippen LogP contribution in [0.15, 0.2) is 18.2 Å². The Labute approximate surface area is 132 Å². The molecular formula is C18H23NO3. The van der Waals surface area contributed by atoms with Gasteiger partial charge >= 0.3 is 5.97 Å². The van der Waals surface area contributed by atoms with E-state index in [1.165, 1.54) is 20.0 Å². The van der Waals surface area contributed by atoms with E-state index >= 15 is 0 Å². The summed E-state index contributed by atoms with van der Waals surface area (Å²) in [5.41, 5.74) is 0.483. The summed E-state index contributed by atoms with van der Waals surface area (Å²) in [5, 5.41) is 8.89. The van der Waals surface area contributed by atoms with Crippen molar-refractivity contribution in [2.45, 2.75) is 45.4 Å². The lowest BCUT2D eigenvalue weighted by Gasteiger charge is -2.27. The first kappa shape index (κ1) is 16.4. The largest absolute Gasteiger partial charge is 0.493 e. The van der Waals surface area contributed by atoms with Gasteiger partial charge in [-0.3, -0.25) is 4.79 Å². The average Bonchev–Trinajstić information content (AvgIpc) is 2.56. The van der Waals surface area contributed by atoms with E-state index in [2.05, 4.69) is 6.92 Å². The van der Waals surface area contributed by atoms with Crippen LogP contribution in [0.3, 0.4) is 0 Å². The summed E-state index contributed by atoms with van der Waals surface area (Å²) in [6, 6.07) is 6.88. The highest BCUT2D eigenvalue weighted by atomic mass is 16.6. The van der Waals surface area contributed by atoms with Gasteiger partial charge in [0.05, 0.1) is 24.7 Å². The van der Waals surface area contributed by atoms with Crippen LogP contribution in [0, 0.1) is 23.2 Å². The monoisotopic (exact) mass is 301 g/mol. The SMILES string of the molecule is CCCC1CCC(C(=O)Oc2ccc(C#N)cc2OC)CC1. The molecule has 0 heterocycles. The average molecular weight is 301 g/mol. The molecule has 1 aliphatic rings. The van der Waals surface area contributed by atoms with E-state index in [1.807, 2.05) is 6.07 Å². The predicted octanol–water partition coefficient (Wildman–Crippen LogP) is 4.08. The second kappa shape index (κ2) is 7.84. The van der Waals surface area contributed by atoms with Crippen LogP contribution in [0.5, 0.6) is 11.5 Å². The van der Waals surface area contributed by atoms with Crippen molar-refractivity contribution in [2.75, 3.05) is 7.11 Å². The van der Waals surface area contributed by atoms with Crippen molar-refractivity contribution in [3.8, 4) is 17.6 Å². The Kier molecular flexibility index (Phi) is 5.83. The van der Waals surface area contributed by atoms with E-state index in [1.54, 1.807) is 18.2 Å². The first-order valence-corrected chi connectivity index (χ1v) is 7.97. The van der Waals surface area contributed by atoms with Gasteiger partial charge in [-0.15, -0.1) is 0 Å². The predicted molar refractivity (Wildman–Crippen MR) is 83.7 cm³/mol. The molecule has 0 bridgehead atoms. The molecule has 0 aliphatic heterocycles. The van der Waals surface area contributed by atoms with Crippen LogP contribution in [0.25, 0.3) is 0 Å². The Morgan fingerprint density at radius 3 is 2.59 bits per heavy atom. The molecular weight excluding hydrogens is 278 g/mol. The standard InChI is InChI=1S/C18H23NO3/c1-3-4-13-5-8-15(9-6-13)18(20)22-16-10-7-14(12-19)11-17(16)21-2/h7,10-11,13,15H,3-6,8-9H2,1-2H3. The van der Waals surface area contributed by atoms with E-state index in [4.69, 9.17) is 14.7 Å². The van der Waals surface area contributed by atoms with Gasteiger partial charge in [-0.1, -0.05) is 19.8 Å². The summed E-state index contributed by atoms with van der Waals surface area (Å²) in [4.78, 5) is 12.3. The Morgan fingerprint density at radius 1 is 1.27 bits per heavy atom. The van der Waals surface area contributed by atoms with E-state index in [9.17, 15) is 4.79 Å². The molecule has 0 unspecified atom stereocenters. The van der Waals surface area contributed by atoms with Crippen molar-refractivity contribution in [2.24, 2.45) is 11.8 Å². The fourth-order valence-electron chi connectivity index (χ4n) is 3.11. The van der Waals surface area contributed by atoms with Gasteiger partial charge in [0, 0.05) is 6.07 Å². The third kappa shape index (κ3) is 4.00. The number of carbonyl (C=O) groups excluding carboxylic acids is 1. The zero-order valence-electron chi connectivity index (χ0n) is 13.3. The minimum Gasteiger partial charge on any atom is -0.493 e. The van der Waals surface area contributed by atoms with E-state index in [0.717, 1.165) is 31.6 Å². The summed E-state index contributed by atoms with van der Waals surface area (Å²) in [7, 11) is 1.50.